The molecule has 0 amide bonds. The minimum absolute atomic E-state index is 0.0499. The maximum absolute atomic E-state index is 7.67. The third kappa shape index (κ3) is 2.80. The Labute approximate surface area is 125 Å². The van der Waals surface area contributed by atoms with Crippen LogP contribution in [-0.4, -0.2) is 28.0 Å². The normalized spacial score (nSPS) is 10.3. The predicted molar refractivity (Wildman–Crippen MR) is 82.4 cm³/mol. The van der Waals surface area contributed by atoms with Crippen molar-refractivity contribution in [3.05, 3.63) is 54.6 Å². The van der Waals surface area contributed by atoms with Gasteiger partial charge in [-0.3, -0.25) is 10.4 Å². The van der Waals surface area contributed by atoms with E-state index in [0.29, 0.717) is 5.69 Å². The summed E-state index contributed by atoms with van der Waals surface area (Å²) in [5.74, 6) is 0.0499. The van der Waals surface area contributed by atoms with Crippen LogP contribution in [0.5, 0.6) is 0 Å². The van der Waals surface area contributed by atoms with Gasteiger partial charge in [-0.1, -0.05) is 6.07 Å². The van der Waals surface area contributed by atoms with Crippen LogP contribution >= 0.6 is 11.3 Å². The first kappa shape index (κ1) is 13.4. The third-order valence-corrected chi connectivity index (χ3v) is 3.92. The third-order valence-electron chi connectivity index (χ3n) is 2.85. The van der Waals surface area contributed by atoms with Crippen molar-refractivity contribution >= 4 is 17.2 Å². The fraction of sp³-hybridized carbons (Fsp3) is 0.0667. The standard InChI is InChI=1S/C15H12N4OS/c1-20-14(16)12-6-2-5-11(19-12)13-9-18-15(21-13)10-4-3-7-17-8-10/h2-9,16H,1H3. The van der Waals surface area contributed by atoms with Gasteiger partial charge in [0.2, 0.25) is 5.90 Å². The Morgan fingerprint density at radius 1 is 1.19 bits per heavy atom. The molecule has 0 fully saturated rings. The molecule has 6 heteroatoms. The average molecular weight is 296 g/mol. The molecule has 3 aromatic heterocycles. The minimum atomic E-state index is 0.0499. The van der Waals surface area contributed by atoms with Gasteiger partial charge in [-0.25, -0.2) is 9.97 Å². The molecule has 104 valence electrons. The number of nitrogens with one attached hydrogen (secondary N) is 1. The van der Waals surface area contributed by atoms with E-state index in [1.807, 2.05) is 24.3 Å². The van der Waals surface area contributed by atoms with Gasteiger partial charge in [-0.2, -0.15) is 0 Å². The van der Waals surface area contributed by atoms with E-state index < -0.39 is 0 Å². The van der Waals surface area contributed by atoms with Crippen LogP contribution in [0.25, 0.3) is 21.1 Å². The van der Waals surface area contributed by atoms with Gasteiger partial charge in [0.25, 0.3) is 0 Å². The molecule has 5 nitrogen and oxygen atoms in total. The molecule has 0 saturated heterocycles. The molecular formula is C15H12N4OS. The van der Waals surface area contributed by atoms with Crippen LogP contribution in [0.3, 0.4) is 0 Å². The van der Waals surface area contributed by atoms with Gasteiger partial charge in [0.1, 0.15) is 10.7 Å². The van der Waals surface area contributed by atoms with Crippen molar-refractivity contribution in [1.82, 2.24) is 15.0 Å². The minimum Gasteiger partial charge on any atom is -0.480 e. The van der Waals surface area contributed by atoms with Crippen molar-refractivity contribution < 1.29 is 4.74 Å². The number of hydrogen-bond acceptors (Lipinski definition) is 6. The molecule has 3 aromatic rings. The summed E-state index contributed by atoms with van der Waals surface area (Å²) < 4.78 is 4.90. The zero-order valence-corrected chi connectivity index (χ0v) is 12.1. The predicted octanol–water partition coefficient (Wildman–Crippen LogP) is 3.24. The monoisotopic (exact) mass is 296 g/mol. The van der Waals surface area contributed by atoms with Gasteiger partial charge in [-0.05, 0) is 24.3 Å². The molecular weight excluding hydrogens is 284 g/mol. The van der Waals surface area contributed by atoms with E-state index >= 15 is 0 Å². The number of ether oxygens (including phenoxy) is 1. The first-order valence-corrected chi connectivity index (χ1v) is 7.06. The van der Waals surface area contributed by atoms with Gasteiger partial charge in [0.05, 0.1) is 17.7 Å². The molecule has 21 heavy (non-hydrogen) atoms. The van der Waals surface area contributed by atoms with Crippen LogP contribution in [0, 0.1) is 5.41 Å². The second kappa shape index (κ2) is 5.80. The lowest BCUT2D eigenvalue weighted by Crippen LogP contribution is -2.04. The van der Waals surface area contributed by atoms with Crippen molar-refractivity contribution in [3.8, 4) is 21.1 Å². The quantitative estimate of drug-likeness (QED) is 0.595. The highest BCUT2D eigenvalue weighted by Gasteiger charge is 2.10. The lowest BCUT2D eigenvalue weighted by Gasteiger charge is -2.02. The van der Waals surface area contributed by atoms with E-state index in [9.17, 15) is 0 Å². The van der Waals surface area contributed by atoms with E-state index in [0.717, 1.165) is 21.1 Å². The Hall–Kier alpha value is -2.60. The summed E-state index contributed by atoms with van der Waals surface area (Å²) in [4.78, 5) is 13.9. The molecule has 0 spiro atoms. The number of nitrogens with zero attached hydrogens (tertiary/aromatic N) is 3. The van der Waals surface area contributed by atoms with Gasteiger partial charge < -0.3 is 4.74 Å². The maximum Gasteiger partial charge on any atom is 0.232 e. The summed E-state index contributed by atoms with van der Waals surface area (Å²) in [5.41, 5.74) is 2.27. The molecule has 0 unspecified atom stereocenters. The van der Waals surface area contributed by atoms with Gasteiger partial charge in [-0.15, -0.1) is 11.3 Å². The second-order valence-corrected chi connectivity index (χ2v) is 5.24. The van der Waals surface area contributed by atoms with Crippen LogP contribution in [0.1, 0.15) is 5.69 Å². The summed E-state index contributed by atoms with van der Waals surface area (Å²) >= 11 is 1.54. The first-order valence-electron chi connectivity index (χ1n) is 6.24. The first-order chi connectivity index (χ1) is 10.3. The van der Waals surface area contributed by atoms with Crippen LogP contribution in [-0.2, 0) is 4.74 Å². The van der Waals surface area contributed by atoms with Crippen LogP contribution in [0.2, 0.25) is 0 Å². The smallest absolute Gasteiger partial charge is 0.232 e. The van der Waals surface area contributed by atoms with Gasteiger partial charge in [0, 0.05) is 24.2 Å². The molecule has 0 saturated carbocycles. The molecule has 3 heterocycles. The maximum atomic E-state index is 7.67. The fourth-order valence-electron chi connectivity index (χ4n) is 1.82. The summed E-state index contributed by atoms with van der Waals surface area (Å²) in [7, 11) is 1.46. The molecule has 1 N–H and O–H groups in total. The Morgan fingerprint density at radius 3 is 2.86 bits per heavy atom. The molecule has 0 aliphatic rings. The molecule has 0 aliphatic heterocycles. The van der Waals surface area contributed by atoms with E-state index in [1.54, 1.807) is 36.0 Å². The lowest BCUT2D eigenvalue weighted by atomic mass is 10.3. The number of methoxy groups -OCH3 is 1. The lowest BCUT2D eigenvalue weighted by molar-refractivity contribution is 0.399. The van der Waals surface area contributed by atoms with E-state index in [4.69, 9.17) is 10.1 Å². The Bertz CT molecular complexity index is 770. The molecule has 0 bridgehead atoms. The Morgan fingerprint density at radius 2 is 2.10 bits per heavy atom. The fourth-order valence-corrected chi connectivity index (χ4v) is 2.69. The van der Waals surface area contributed by atoms with Crippen molar-refractivity contribution in [2.24, 2.45) is 0 Å². The highest BCUT2D eigenvalue weighted by Crippen LogP contribution is 2.30. The Balaban J connectivity index is 1.95. The number of pyridine rings is 2. The molecule has 0 aromatic carbocycles. The highest BCUT2D eigenvalue weighted by molar-refractivity contribution is 7.18. The largest absolute Gasteiger partial charge is 0.480 e. The number of rotatable bonds is 3. The van der Waals surface area contributed by atoms with Crippen molar-refractivity contribution in [2.75, 3.05) is 7.11 Å². The average Bonchev–Trinajstić information content (AvgIpc) is 3.05. The van der Waals surface area contributed by atoms with Crippen LogP contribution < -0.4 is 0 Å². The Kier molecular flexibility index (Phi) is 3.70. The van der Waals surface area contributed by atoms with Crippen molar-refractivity contribution in [2.45, 2.75) is 0 Å². The number of thiazole rings is 1. The van der Waals surface area contributed by atoms with E-state index in [2.05, 4.69) is 15.0 Å². The molecule has 0 atom stereocenters. The van der Waals surface area contributed by atoms with Crippen LogP contribution in [0.15, 0.2) is 48.9 Å². The summed E-state index contributed by atoms with van der Waals surface area (Å²) in [6.07, 6.45) is 5.31. The number of hydrogen-bond donors (Lipinski definition) is 1. The zero-order valence-electron chi connectivity index (χ0n) is 11.3. The molecule has 0 radical (unpaired) electrons. The summed E-state index contributed by atoms with van der Waals surface area (Å²) in [6.45, 7) is 0. The van der Waals surface area contributed by atoms with Crippen molar-refractivity contribution in [1.29, 1.82) is 5.41 Å². The SMILES string of the molecule is COC(=N)c1cccc(-c2cnc(-c3cccnc3)s2)n1. The topological polar surface area (TPSA) is 71.8 Å². The summed E-state index contributed by atoms with van der Waals surface area (Å²) in [6, 6.07) is 9.36. The molecule has 0 aliphatic carbocycles. The molecule has 3 rings (SSSR count). The highest BCUT2D eigenvalue weighted by atomic mass is 32.1. The zero-order chi connectivity index (χ0) is 14.7. The van der Waals surface area contributed by atoms with Crippen molar-refractivity contribution in [3.63, 3.8) is 0 Å². The van der Waals surface area contributed by atoms with E-state index in [-0.39, 0.29) is 5.90 Å². The van der Waals surface area contributed by atoms with Gasteiger partial charge in [0.15, 0.2) is 0 Å². The summed E-state index contributed by atoms with van der Waals surface area (Å²) in [5, 5.41) is 8.57. The second-order valence-electron chi connectivity index (χ2n) is 4.21. The van der Waals surface area contributed by atoms with Gasteiger partial charge >= 0.3 is 0 Å². The number of aromatic nitrogens is 3. The van der Waals surface area contributed by atoms with E-state index in [1.165, 1.54) is 7.11 Å². The van der Waals surface area contributed by atoms with Crippen LogP contribution in [0.4, 0.5) is 0 Å².